The maximum absolute atomic E-state index is 4.25. The number of benzene rings is 8. The van der Waals surface area contributed by atoms with Crippen molar-refractivity contribution in [2.24, 2.45) is 0 Å². The highest BCUT2D eigenvalue weighted by molar-refractivity contribution is 6.09. The molecule has 0 amide bonds. The summed E-state index contributed by atoms with van der Waals surface area (Å²) in [7, 11) is 0. The van der Waals surface area contributed by atoms with Crippen LogP contribution >= 0.6 is 0 Å². The maximum atomic E-state index is 4.25. The van der Waals surface area contributed by atoms with Gasteiger partial charge in [0, 0.05) is 17.3 Å². The van der Waals surface area contributed by atoms with Gasteiger partial charge < -0.3 is 0 Å². The lowest BCUT2D eigenvalue weighted by atomic mass is 9.75. The van der Waals surface area contributed by atoms with Gasteiger partial charge in [0.2, 0.25) is 0 Å². The van der Waals surface area contributed by atoms with Crippen LogP contribution in [-0.2, 0) is 5.41 Å². The first-order valence-electron chi connectivity index (χ1n) is 21.8. The molecule has 60 heavy (non-hydrogen) atoms. The lowest BCUT2D eigenvalue weighted by Gasteiger charge is -2.28. The van der Waals surface area contributed by atoms with Crippen LogP contribution in [0.2, 0.25) is 0 Å². The van der Waals surface area contributed by atoms with Gasteiger partial charge in [-0.25, -0.2) is 0 Å². The second-order valence-electron chi connectivity index (χ2n) is 17.5. The summed E-state index contributed by atoms with van der Waals surface area (Å²) in [4.78, 5) is 0. The third-order valence-electron chi connectivity index (χ3n) is 13.9. The minimum absolute atomic E-state index is 0.183. The van der Waals surface area contributed by atoms with Gasteiger partial charge in [-0.2, -0.15) is 0 Å². The van der Waals surface area contributed by atoms with Crippen molar-refractivity contribution in [3.05, 3.63) is 233 Å². The van der Waals surface area contributed by atoms with Gasteiger partial charge in [-0.1, -0.05) is 204 Å². The fourth-order valence-electron chi connectivity index (χ4n) is 10.9. The van der Waals surface area contributed by atoms with E-state index in [4.69, 9.17) is 0 Å². The highest BCUT2D eigenvalue weighted by atomic mass is 14.4. The molecule has 0 nitrogen and oxygen atoms in total. The fourth-order valence-corrected chi connectivity index (χ4v) is 10.9. The van der Waals surface area contributed by atoms with E-state index >= 15 is 0 Å². The molecule has 3 atom stereocenters. The number of fused-ring (bicyclic) bond motifs is 7. The first kappa shape index (κ1) is 37.7. The minimum atomic E-state index is -0.190. The van der Waals surface area contributed by atoms with Gasteiger partial charge >= 0.3 is 0 Å². The van der Waals surface area contributed by atoms with Gasteiger partial charge in [-0.3, -0.25) is 0 Å². The van der Waals surface area contributed by atoms with Crippen LogP contribution in [0.1, 0.15) is 97.7 Å². The topological polar surface area (TPSA) is 0 Å². The predicted molar refractivity (Wildman–Crippen MR) is 258 cm³/mol. The molecule has 2 aliphatic carbocycles. The SMILES string of the molecule is C=CC1=C(/C=C\C)c2cc(C(c3ccccc3)C(C)c3ccc4c(c3)C(C)(C)c3cc(-c5cccc(-c6cccc7ccccc67)c5)c5ccccc5c3-4)ccc2C1CC. The molecule has 0 fully saturated rings. The van der Waals surface area contributed by atoms with Crippen molar-refractivity contribution in [3.8, 4) is 33.4 Å². The summed E-state index contributed by atoms with van der Waals surface area (Å²) in [5, 5.41) is 5.17. The molecule has 0 heterocycles. The lowest BCUT2D eigenvalue weighted by molar-refractivity contribution is 0.640. The van der Waals surface area contributed by atoms with Crippen LogP contribution in [0, 0.1) is 0 Å². The number of rotatable bonds is 9. The number of allylic oxidation sites excluding steroid dienone is 5. The van der Waals surface area contributed by atoms with E-state index in [-0.39, 0.29) is 17.3 Å². The maximum Gasteiger partial charge on any atom is 0.0159 e. The van der Waals surface area contributed by atoms with Gasteiger partial charge in [0.1, 0.15) is 0 Å². The van der Waals surface area contributed by atoms with E-state index in [1.54, 1.807) is 0 Å². The zero-order valence-corrected chi connectivity index (χ0v) is 35.5. The summed E-state index contributed by atoms with van der Waals surface area (Å²) in [6, 6.07) is 61.9. The first-order valence-corrected chi connectivity index (χ1v) is 21.8. The normalized spacial score (nSPS) is 16.2. The standard InChI is InChI=1S/C60H52/c1-7-19-49-45(8-2)46(9-3)51-32-31-44(35-55(49)51)58(40-21-11-10-12-22-40)38(4)41-30-33-53-56(36-41)60(5,6)57-37-54(50-27-15-16-28-52(50)59(53)57)43-25-17-24-42(34-43)48-29-18-23-39-20-13-14-26-47(39)48/h7-8,10-38,46,58H,2,9H2,1,3-6H3/b19-7-. The van der Waals surface area contributed by atoms with E-state index in [2.05, 4.69) is 223 Å². The molecule has 0 saturated heterocycles. The molecule has 10 rings (SSSR count). The van der Waals surface area contributed by atoms with Crippen LogP contribution in [0.3, 0.4) is 0 Å². The van der Waals surface area contributed by atoms with Crippen molar-refractivity contribution < 1.29 is 0 Å². The second kappa shape index (κ2) is 15.0. The van der Waals surface area contributed by atoms with Gasteiger partial charge in [0.15, 0.2) is 0 Å². The van der Waals surface area contributed by atoms with Crippen molar-refractivity contribution in [2.75, 3.05) is 0 Å². The van der Waals surface area contributed by atoms with Crippen molar-refractivity contribution in [1.82, 2.24) is 0 Å². The Hall–Kier alpha value is -6.50. The van der Waals surface area contributed by atoms with E-state index in [0.29, 0.717) is 5.92 Å². The Bertz CT molecular complexity index is 3040. The highest BCUT2D eigenvalue weighted by Crippen LogP contribution is 2.55. The summed E-state index contributed by atoms with van der Waals surface area (Å²) in [6.45, 7) is 16.0. The molecule has 0 bridgehead atoms. The van der Waals surface area contributed by atoms with Crippen molar-refractivity contribution in [1.29, 1.82) is 0 Å². The molecule has 0 aromatic heterocycles. The minimum Gasteiger partial charge on any atom is -0.0987 e. The molecule has 8 aromatic carbocycles. The summed E-state index contributed by atoms with van der Waals surface area (Å²) >= 11 is 0. The first-order chi connectivity index (χ1) is 29.3. The molecule has 0 aliphatic heterocycles. The van der Waals surface area contributed by atoms with Crippen molar-refractivity contribution in [2.45, 2.75) is 64.2 Å². The van der Waals surface area contributed by atoms with Gasteiger partial charge in [-0.15, -0.1) is 0 Å². The van der Waals surface area contributed by atoms with E-state index in [9.17, 15) is 0 Å². The second-order valence-corrected chi connectivity index (χ2v) is 17.5. The molecule has 0 heteroatoms. The number of hydrogen-bond donors (Lipinski definition) is 0. The van der Waals surface area contributed by atoms with E-state index in [1.165, 1.54) is 105 Å². The molecule has 0 N–H and O–H groups in total. The third-order valence-corrected chi connectivity index (χ3v) is 13.9. The van der Waals surface area contributed by atoms with E-state index in [1.807, 2.05) is 0 Å². The molecular weight excluding hydrogens is 721 g/mol. The highest BCUT2D eigenvalue weighted by Gasteiger charge is 2.38. The monoisotopic (exact) mass is 772 g/mol. The fraction of sp³-hybridized carbons (Fsp3) is 0.167. The quantitative estimate of drug-likeness (QED) is 0.137. The summed E-state index contributed by atoms with van der Waals surface area (Å²) in [5.74, 6) is 0.800. The van der Waals surface area contributed by atoms with E-state index in [0.717, 1.165) is 6.42 Å². The largest absolute Gasteiger partial charge is 0.0987 e. The molecule has 3 unspecified atom stereocenters. The zero-order valence-electron chi connectivity index (χ0n) is 35.5. The summed E-state index contributed by atoms with van der Waals surface area (Å²) < 4.78 is 0. The Labute approximate surface area is 356 Å². The predicted octanol–water partition coefficient (Wildman–Crippen LogP) is 16.6. The molecule has 8 aromatic rings. The molecule has 0 saturated carbocycles. The Morgan fingerprint density at radius 1 is 0.583 bits per heavy atom. The lowest BCUT2D eigenvalue weighted by Crippen LogP contribution is -2.17. The Kier molecular flexibility index (Phi) is 9.41. The Morgan fingerprint density at radius 2 is 1.27 bits per heavy atom. The Balaban J connectivity index is 1.08. The van der Waals surface area contributed by atoms with Crippen LogP contribution in [0.5, 0.6) is 0 Å². The summed E-state index contributed by atoms with van der Waals surface area (Å²) in [5.41, 5.74) is 19.9. The molecule has 292 valence electrons. The van der Waals surface area contributed by atoms with Crippen LogP contribution in [-0.4, -0.2) is 0 Å². The van der Waals surface area contributed by atoms with Crippen molar-refractivity contribution in [3.63, 3.8) is 0 Å². The summed E-state index contributed by atoms with van der Waals surface area (Å²) in [6.07, 6.45) is 7.60. The van der Waals surface area contributed by atoms with Crippen LogP contribution < -0.4 is 0 Å². The van der Waals surface area contributed by atoms with Crippen LogP contribution in [0.15, 0.2) is 194 Å². The third kappa shape index (κ3) is 5.96. The smallest absolute Gasteiger partial charge is 0.0159 e. The van der Waals surface area contributed by atoms with Crippen LogP contribution in [0.4, 0.5) is 0 Å². The van der Waals surface area contributed by atoms with E-state index < -0.39 is 0 Å². The molecule has 0 radical (unpaired) electrons. The van der Waals surface area contributed by atoms with Gasteiger partial charge in [-0.05, 0) is 136 Å². The number of hydrogen-bond acceptors (Lipinski definition) is 0. The average Bonchev–Trinajstić information content (AvgIpc) is 3.72. The average molecular weight is 773 g/mol. The van der Waals surface area contributed by atoms with Crippen LogP contribution in [0.25, 0.3) is 60.5 Å². The molecular formula is C60H52. The Morgan fingerprint density at radius 3 is 2.03 bits per heavy atom. The van der Waals surface area contributed by atoms with Gasteiger partial charge in [0.05, 0.1) is 0 Å². The van der Waals surface area contributed by atoms with Gasteiger partial charge in [0.25, 0.3) is 0 Å². The zero-order chi connectivity index (χ0) is 41.1. The molecule has 2 aliphatic rings. The van der Waals surface area contributed by atoms with Crippen molar-refractivity contribution >= 4 is 27.1 Å². The molecule has 0 spiro atoms.